The van der Waals surface area contributed by atoms with Gasteiger partial charge in [0, 0.05) is 24.4 Å². The van der Waals surface area contributed by atoms with Crippen LogP contribution in [0.3, 0.4) is 0 Å². The van der Waals surface area contributed by atoms with Crippen LogP contribution in [0, 0.1) is 18.7 Å². The third-order valence-electron chi connectivity index (χ3n) is 5.20. The molecule has 0 bridgehead atoms. The van der Waals surface area contributed by atoms with Crippen molar-refractivity contribution in [1.82, 2.24) is 9.80 Å². The second-order valence-corrected chi connectivity index (χ2v) is 9.53. The predicted octanol–water partition coefficient (Wildman–Crippen LogP) is 5.79. The Bertz CT molecular complexity index is 832. The highest BCUT2D eigenvalue weighted by Gasteiger charge is 2.23. The molecule has 0 aliphatic heterocycles. The minimum Gasteiger partial charge on any atom is -0.333 e. The Morgan fingerprint density at radius 3 is 2.29 bits per heavy atom. The fourth-order valence-electron chi connectivity index (χ4n) is 3.42. The zero-order valence-electron chi connectivity index (χ0n) is 19.2. The van der Waals surface area contributed by atoms with Gasteiger partial charge in [0.1, 0.15) is 5.82 Å². The van der Waals surface area contributed by atoms with Crippen LogP contribution >= 0.6 is 11.3 Å². The molecule has 6 heteroatoms. The molecule has 4 nitrogen and oxygen atoms in total. The Kier molecular flexibility index (Phi) is 10.2. The van der Waals surface area contributed by atoms with Crippen molar-refractivity contribution in [2.24, 2.45) is 5.92 Å². The van der Waals surface area contributed by atoms with Gasteiger partial charge in [-0.1, -0.05) is 45.7 Å². The van der Waals surface area contributed by atoms with E-state index in [1.807, 2.05) is 18.4 Å². The average molecular weight is 447 g/mol. The Balaban J connectivity index is 2.16. The van der Waals surface area contributed by atoms with Crippen LogP contribution in [-0.4, -0.2) is 34.7 Å². The van der Waals surface area contributed by atoms with Gasteiger partial charge in [-0.3, -0.25) is 9.59 Å². The third kappa shape index (κ3) is 8.44. The van der Waals surface area contributed by atoms with Gasteiger partial charge in [0.15, 0.2) is 0 Å². The minimum absolute atomic E-state index is 0.0459. The number of carbonyl (C=O) groups is 2. The summed E-state index contributed by atoms with van der Waals surface area (Å²) in [4.78, 5) is 30.7. The van der Waals surface area contributed by atoms with Crippen molar-refractivity contribution in [3.05, 3.63) is 57.5 Å². The van der Waals surface area contributed by atoms with Crippen LogP contribution in [0.15, 0.2) is 35.7 Å². The topological polar surface area (TPSA) is 40.6 Å². The maximum absolute atomic E-state index is 13.3. The second-order valence-electron chi connectivity index (χ2n) is 8.53. The number of benzene rings is 1. The molecular formula is C25H35FN2O2S. The minimum atomic E-state index is -0.295. The lowest BCUT2D eigenvalue weighted by molar-refractivity contribution is -0.141. The van der Waals surface area contributed by atoms with Crippen molar-refractivity contribution in [3.63, 3.8) is 0 Å². The summed E-state index contributed by atoms with van der Waals surface area (Å²) in [5.74, 6) is -0.0457. The van der Waals surface area contributed by atoms with Crippen molar-refractivity contribution in [2.45, 2.75) is 66.5 Å². The standard InChI is InChI=1S/C25H35FN2O2S/c1-5-6-7-8-24(29)27(15-19(2)3)18-25(30)28(17-23-20(4)13-14-31-23)16-21-9-11-22(26)12-10-21/h9-14,19H,5-8,15-18H2,1-4H3. The van der Waals surface area contributed by atoms with Gasteiger partial charge in [0.05, 0.1) is 13.1 Å². The predicted molar refractivity (Wildman–Crippen MR) is 125 cm³/mol. The summed E-state index contributed by atoms with van der Waals surface area (Å²) in [5.41, 5.74) is 2.02. The Morgan fingerprint density at radius 2 is 1.71 bits per heavy atom. The highest BCUT2D eigenvalue weighted by molar-refractivity contribution is 7.10. The maximum Gasteiger partial charge on any atom is 0.242 e. The van der Waals surface area contributed by atoms with Crippen LogP contribution in [0.1, 0.15) is 62.5 Å². The van der Waals surface area contributed by atoms with Gasteiger partial charge in [-0.25, -0.2) is 4.39 Å². The van der Waals surface area contributed by atoms with Gasteiger partial charge in [-0.2, -0.15) is 0 Å². The first-order valence-corrected chi connectivity index (χ1v) is 12.0. The lowest BCUT2D eigenvalue weighted by Crippen LogP contribution is -2.43. The number of unbranched alkanes of at least 4 members (excludes halogenated alkanes) is 2. The molecule has 1 heterocycles. The number of halogens is 1. The van der Waals surface area contributed by atoms with Gasteiger partial charge >= 0.3 is 0 Å². The Hall–Kier alpha value is -2.21. The van der Waals surface area contributed by atoms with Gasteiger partial charge in [0.25, 0.3) is 0 Å². The fraction of sp³-hybridized carbons (Fsp3) is 0.520. The summed E-state index contributed by atoms with van der Waals surface area (Å²) in [5, 5.41) is 2.02. The van der Waals surface area contributed by atoms with E-state index in [1.54, 1.807) is 33.3 Å². The molecule has 31 heavy (non-hydrogen) atoms. The molecule has 2 rings (SSSR count). The van der Waals surface area contributed by atoms with E-state index in [1.165, 1.54) is 12.1 Å². The van der Waals surface area contributed by atoms with E-state index in [0.29, 0.717) is 26.1 Å². The lowest BCUT2D eigenvalue weighted by Gasteiger charge is -2.29. The summed E-state index contributed by atoms with van der Waals surface area (Å²) in [6.07, 6.45) is 3.41. The Labute approximate surface area is 190 Å². The van der Waals surface area contributed by atoms with Crippen molar-refractivity contribution in [2.75, 3.05) is 13.1 Å². The summed E-state index contributed by atoms with van der Waals surface area (Å²) in [6, 6.07) is 8.29. The zero-order valence-corrected chi connectivity index (χ0v) is 20.0. The van der Waals surface area contributed by atoms with Gasteiger partial charge in [-0.05, 0) is 54.0 Å². The summed E-state index contributed by atoms with van der Waals surface area (Å²) in [7, 11) is 0. The summed E-state index contributed by atoms with van der Waals surface area (Å²) in [6.45, 7) is 9.78. The molecule has 0 N–H and O–H groups in total. The van der Waals surface area contributed by atoms with E-state index in [9.17, 15) is 14.0 Å². The first-order chi connectivity index (χ1) is 14.8. The monoisotopic (exact) mass is 446 g/mol. The number of hydrogen-bond acceptors (Lipinski definition) is 3. The number of hydrogen-bond donors (Lipinski definition) is 0. The highest BCUT2D eigenvalue weighted by atomic mass is 32.1. The fourth-order valence-corrected chi connectivity index (χ4v) is 4.35. The largest absolute Gasteiger partial charge is 0.333 e. The summed E-state index contributed by atoms with van der Waals surface area (Å²) < 4.78 is 13.3. The molecule has 0 spiro atoms. The molecule has 2 aromatic rings. The lowest BCUT2D eigenvalue weighted by atomic mass is 10.1. The molecule has 0 aliphatic rings. The van der Waals surface area contributed by atoms with Gasteiger partial charge < -0.3 is 9.80 Å². The van der Waals surface area contributed by atoms with E-state index in [-0.39, 0.29) is 30.1 Å². The molecule has 2 amide bonds. The molecule has 0 fully saturated rings. The van der Waals surface area contributed by atoms with E-state index in [4.69, 9.17) is 0 Å². The average Bonchev–Trinajstić information content (AvgIpc) is 3.12. The van der Waals surface area contributed by atoms with Crippen LogP contribution in [0.5, 0.6) is 0 Å². The van der Waals surface area contributed by atoms with Crippen molar-refractivity contribution >= 4 is 23.2 Å². The molecule has 170 valence electrons. The van der Waals surface area contributed by atoms with E-state index in [0.717, 1.165) is 35.3 Å². The molecule has 1 aromatic carbocycles. The van der Waals surface area contributed by atoms with Crippen LogP contribution in [0.25, 0.3) is 0 Å². The van der Waals surface area contributed by atoms with Gasteiger partial charge in [-0.15, -0.1) is 11.3 Å². The highest BCUT2D eigenvalue weighted by Crippen LogP contribution is 2.20. The number of carbonyl (C=O) groups excluding carboxylic acids is 2. The van der Waals surface area contributed by atoms with E-state index in [2.05, 4.69) is 20.8 Å². The molecule has 0 radical (unpaired) electrons. The molecule has 1 aromatic heterocycles. The van der Waals surface area contributed by atoms with Crippen molar-refractivity contribution in [3.8, 4) is 0 Å². The molecule has 0 atom stereocenters. The molecule has 0 unspecified atom stereocenters. The van der Waals surface area contributed by atoms with Crippen LogP contribution in [0.2, 0.25) is 0 Å². The maximum atomic E-state index is 13.3. The summed E-state index contributed by atoms with van der Waals surface area (Å²) >= 11 is 1.62. The molecule has 0 saturated heterocycles. The number of aryl methyl sites for hydroxylation is 1. The first kappa shape index (κ1) is 25.1. The third-order valence-corrected chi connectivity index (χ3v) is 6.21. The van der Waals surface area contributed by atoms with Crippen LogP contribution < -0.4 is 0 Å². The Morgan fingerprint density at radius 1 is 1.00 bits per heavy atom. The normalized spacial score (nSPS) is 11.0. The number of nitrogens with zero attached hydrogens (tertiary/aromatic N) is 2. The van der Waals surface area contributed by atoms with E-state index < -0.39 is 0 Å². The SMILES string of the molecule is CCCCCC(=O)N(CC(=O)N(Cc1ccc(F)cc1)Cc1sccc1C)CC(C)C. The van der Waals surface area contributed by atoms with Gasteiger partial charge in [0.2, 0.25) is 11.8 Å². The van der Waals surface area contributed by atoms with Crippen molar-refractivity contribution < 1.29 is 14.0 Å². The second kappa shape index (κ2) is 12.6. The quantitative estimate of drug-likeness (QED) is 0.387. The first-order valence-electron chi connectivity index (χ1n) is 11.1. The van der Waals surface area contributed by atoms with Crippen molar-refractivity contribution in [1.29, 1.82) is 0 Å². The molecule has 0 aliphatic carbocycles. The number of rotatable bonds is 12. The smallest absolute Gasteiger partial charge is 0.242 e. The van der Waals surface area contributed by atoms with Crippen LogP contribution in [0.4, 0.5) is 4.39 Å². The van der Waals surface area contributed by atoms with E-state index >= 15 is 0 Å². The zero-order chi connectivity index (χ0) is 22.8. The molecular weight excluding hydrogens is 411 g/mol. The number of thiophene rings is 1. The molecule has 0 saturated carbocycles. The number of amides is 2. The van der Waals surface area contributed by atoms with Crippen LogP contribution in [-0.2, 0) is 22.7 Å².